The summed E-state index contributed by atoms with van der Waals surface area (Å²) in [5.41, 5.74) is 5.40. The molecule has 0 aliphatic rings. The molecular formula is C11H16F2N2O. The molecular weight excluding hydrogens is 214 g/mol. The lowest BCUT2D eigenvalue weighted by Gasteiger charge is -2.20. The lowest BCUT2D eigenvalue weighted by Crippen LogP contribution is -2.32. The predicted molar refractivity (Wildman–Crippen MR) is 57.8 cm³/mol. The van der Waals surface area contributed by atoms with Crippen molar-refractivity contribution in [3.63, 3.8) is 0 Å². The van der Waals surface area contributed by atoms with E-state index in [1.54, 1.807) is 4.90 Å². The fraction of sp³-hybridized carbons (Fsp3) is 0.455. The van der Waals surface area contributed by atoms with E-state index in [1.165, 1.54) is 18.2 Å². The van der Waals surface area contributed by atoms with Gasteiger partial charge in [0.15, 0.2) is 0 Å². The normalized spacial score (nSPS) is 11.1. The molecule has 3 nitrogen and oxygen atoms in total. The van der Waals surface area contributed by atoms with Crippen LogP contribution in [0.15, 0.2) is 18.2 Å². The van der Waals surface area contributed by atoms with Crippen molar-refractivity contribution >= 4 is 0 Å². The highest BCUT2D eigenvalue weighted by molar-refractivity contribution is 5.19. The highest BCUT2D eigenvalue weighted by Gasteiger charge is 2.12. The van der Waals surface area contributed by atoms with E-state index in [4.69, 9.17) is 10.8 Å². The van der Waals surface area contributed by atoms with Crippen molar-refractivity contribution in [2.24, 2.45) is 5.73 Å². The van der Waals surface area contributed by atoms with Crippen molar-refractivity contribution in [2.75, 3.05) is 26.2 Å². The molecule has 1 aromatic rings. The average molecular weight is 230 g/mol. The number of aliphatic hydroxyl groups excluding tert-OH is 1. The zero-order chi connectivity index (χ0) is 12.0. The van der Waals surface area contributed by atoms with Crippen molar-refractivity contribution < 1.29 is 13.9 Å². The van der Waals surface area contributed by atoms with E-state index in [2.05, 4.69) is 0 Å². The maximum Gasteiger partial charge on any atom is 0.130 e. The molecule has 0 fully saturated rings. The molecule has 16 heavy (non-hydrogen) atoms. The third-order valence-electron chi connectivity index (χ3n) is 2.30. The molecule has 0 atom stereocenters. The van der Waals surface area contributed by atoms with E-state index in [-0.39, 0.29) is 18.7 Å². The van der Waals surface area contributed by atoms with Gasteiger partial charge in [0.05, 0.1) is 6.61 Å². The van der Waals surface area contributed by atoms with Crippen LogP contribution in [-0.2, 0) is 6.54 Å². The van der Waals surface area contributed by atoms with Crippen LogP contribution in [0.25, 0.3) is 0 Å². The number of halogens is 2. The standard InChI is InChI=1S/C11H16F2N2O/c12-10-2-1-3-11(13)9(10)8-15(5-4-14)6-7-16/h1-3,16H,4-8,14H2. The first-order valence-electron chi connectivity index (χ1n) is 5.15. The molecule has 1 aromatic carbocycles. The maximum atomic E-state index is 13.3. The Kier molecular flexibility index (Phi) is 5.31. The summed E-state index contributed by atoms with van der Waals surface area (Å²) in [6.07, 6.45) is 0. The molecule has 0 radical (unpaired) electrons. The fourth-order valence-corrected chi connectivity index (χ4v) is 1.50. The molecule has 0 bridgehead atoms. The molecule has 0 saturated heterocycles. The minimum absolute atomic E-state index is 0.0180. The van der Waals surface area contributed by atoms with Gasteiger partial charge in [-0.2, -0.15) is 0 Å². The van der Waals surface area contributed by atoms with Gasteiger partial charge in [-0.15, -0.1) is 0 Å². The van der Waals surface area contributed by atoms with Gasteiger partial charge in [-0.3, -0.25) is 4.90 Å². The zero-order valence-corrected chi connectivity index (χ0v) is 9.00. The third-order valence-corrected chi connectivity index (χ3v) is 2.30. The molecule has 1 rings (SSSR count). The van der Waals surface area contributed by atoms with Crippen molar-refractivity contribution in [1.82, 2.24) is 4.90 Å². The van der Waals surface area contributed by atoms with E-state index >= 15 is 0 Å². The Morgan fingerprint density at radius 1 is 1.19 bits per heavy atom. The van der Waals surface area contributed by atoms with Crippen LogP contribution >= 0.6 is 0 Å². The van der Waals surface area contributed by atoms with Gasteiger partial charge in [-0.1, -0.05) is 6.07 Å². The molecule has 0 aromatic heterocycles. The molecule has 3 N–H and O–H groups in total. The minimum Gasteiger partial charge on any atom is -0.395 e. The zero-order valence-electron chi connectivity index (χ0n) is 9.00. The van der Waals surface area contributed by atoms with Gasteiger partial charge in [0.1, 0.15) is 11.6 Å². The molecule has 0 spiro atoms. The highest BCUT2D eigenvalue weighted by atomic mass is 19.1. The van der Waals surface area contributed by atoms with Crippen LogP contribution in [0.1, 0.15) is 5.56 Å². The second-order valence-corrected chi connectivity index (χ2v) is 3.49. The van der Waals surface area contributed by atoms with Gasteiger partial charge in [0.25, 0.3) is 0 Å². The Morgan fingerprint density at radius 2 is 1.81 bits per heavy atom. The summed E-state index contributed by atoms with van der Waals surface area (Å²) in [7, 11) is 0. The van der Waals surface area contributed by atoms with Gasteiger partial charge in [-0.25, -0.2) is 8.78 Å². The van der Waals surface area contributed by atoms with Gasteiger partial charge in [-0.05, 0) is 12.1 Å². The van der Waals surface area contributed by atoms with Crippen LogP contribution in [0.2, 0.25) is 0 Å². The van der Waals surface area contributed by atoms with Crippen LogP contribution < -0.4 is 5.73 Å². The first-order chi connectivity index (χ1) is 7.69. The molecule has 90 valence electrons. The molecule has 5 heteroatoms. The summed E-state index contributed by atoms with van der Waals surface area (Å²) in [4.78, 5) is 1.71. The minimum atomic E-state index is -0.569. The first kappa shape index (κ1) is 13.0. The topological polar surface area (TPSA) is 49.5 Å². The average Bonchev–Trinajstić information content (AvgIpc) is 2.24. The van der Waals surface area contributed by atoms with E-state index in [0.717, 1.165) is 0 Å². The van der Waals surface area contributed by atoms with Crippen molar-refractivity contribution in [3.05, 3.63) is 35.4 Å². The van der Waals surface area contributed by atoms with Crippen LogP contribution in [0.5, 0.6) is 0 Å². The third kappa shape index (κ3) is 3.52. The Bertz CT molecular complexity index is 308. The smallest absolute Gasteiger partial charge is 0.130 e. The first-order valence-corrected chi connectivity index (χ1v) is 5.15. The molecule has 0 aliphatic carbocycles. The van der Waals surface area contributed by atoms with E-state index < -0.39 is 11.6 Å². The van der Waals surface area contributed by atoms with Gasteiger partial charge in [0, 0.05) is 31.7 Å². The largest absolute Gasteiger partial charge is 0.395 e. The summed E-state index contributed by atoms with van der Waals surface area (Å²) in [6.45, 7) is 1.29. The van der Waals surface area contributed by atoms with Crippen LogP contribution in [0.3, 0.4) is 0 Å². The molecule has 0 aliphatic heterocycles. The summed E-state index contributed by atoms with van der Waals surface area (Å²) in [5.74, 6) is -1.14. The Hall–Kier alpha value is -1.04. The lowest BCUT2D eigenvalue weighted by molar-refractivity contribution is 0.190. The van der Waals surface area contributed by atoms with Crippen LogP contribution in [-0.4, -0.2) is 36.2 Å². The highest BCUT2D eigenvalue weighted by Crippen LogP contribution is 2.14. The van der Waals surface area contributed by atoms with Crippen molar-refractivity contribution in [2.45, 2.75) is 6.54 Å². The lowest BCUT2D eigenvalue weighted by atomic mass is 10.2. The van der Waals surface area contributed by atoms with E-state index in [1.807, 2.05) is 0 Å². The Morgan fingerprint density at radius 3 is 2.31 bits per heavy atom. The number of hydrogen-bond donors (Lipinski definition) is 2. The number of nitrogens with zero attached hydrogens (tertiary/aromatic N) is 1. The van der Waals surface area contributed by atoms with E-state index in [9.17, 15) is 8.78 Å². The summed E-state index contributed by atoms with van der Waals surface area (Å²) >= 11 is 0. The van der Waals surface area contributed by atoms with Gasteiger partial charge >= 0.3 is 0 Å². The number of hydrogen-bond acceptors (Lipinski definition) is 3. The van der Waals surface area contributed by atoms with Crippen LogP contribution in [0, 0.1) is 11.6 Å². The summed E-state index contributed by atoms with van der Waals surface area (Å²) < 4.78 is 26.7. The maximum absolute atomic E-state index is 13.3. The summed E-state index contributed by atoms with van der Waals surface area (Å²) in [5, 5.41) is 8.81. The van der Waals surface area contributed by atoms with Gasteiger partial charge < -0.3 is 10.8 Å². The quantitative estimate of drug-likeness (QED) is 0.757. The summed E-state index contributed by atoms with van der Waals surface area (Å²) in [6, 6.07) is 3.77. The number of benzene rings is 1. The molecule has 0 unspecified atom stereocenters. The van der Waals surface area contributed by atoms with Gasteiger partial charge in [0.2, 0.25) is 0 Å². The second kappa shape index (κ2) is 6.52. The van der Waals surface area contributed by atoms with E-state index in [0.29, 0.717) is 19.6 Å². The molecule has 0 amide bonds. The van der Waals surface area contributed by atoms with Crippen LogP contribution in [0.4, 0.5) is 8.78 Å². The SMILES string of the molecule is NCCN(CCO)Cc1c(F)cccc1F. The predicted octanol–water partition coefficient (Wildman–Crippen LogP) is 0.718. The number of rotatable bonds is 6. The Balaban J connectivity index is 2.76. The second-order valence-electron chi connectivity index (χ2n) is 3.49. The molecule has 0 heterocycles. The Labute approximate surface area is 93.5 Å². The molecule has 0 saturated carbocycles. The fourth-order valence-electron chi connectivity index (χ4n) is 1.50. The number of nitrogens with two attached hydrogens (primary N) is 1. The monoisotopic (exact) mass is 230 g/mol. The van der Waals surface area contributed by atoms with Crippen molar-refractivity contribution in [1.29, 1.82) is 0 Å². The van der Waals surface area contributed by atoms with Crippen molar-refractivity contribution in [3.8, 4) is 0 Å². The number of aliphatic hydroxyl groups is 1.